The van der Waals surface area contributed by atoms with Crippen LogP contribution in [0.3, 0.4) is 0 Å². The van der Waals surface area contributed by atoms with Crippen LogP contribution in [0.5, 0.6) is 11.5 Å². The van der Waals surface area contributed by atoms with Crippen LogP contribution in [-0.4, -0.2) is 32.5 Å². The molecule has 7 nitrogen and oxygen atoms in total. The molecule has 7 heteroatoms. The summed E-state index contributed by atoms with van der Waals surface area (Å²) in [5.41, 5.74) is 1.13. The predicted molar refractivity (Wildman–Crippen MR) is 110 cm³/mol. The zero-order chi connectivity index (χ0) is 20.2. The molecule has 2 aromatic heterocycles. The number of hydrogen-bond donors (Lipinski definition) is 1. The molecule has 0 unspecified atom stereocenters. The number of pyridine rings is 1. The SMILES string of the molecule is Cc1cn(C2CCN(Cc3cccc(Oc4ccncc4)c3)CC2)c(=O)[nH]c1=O. The van der Waals surface area contributed by atoms with Gasteiger partial charge in [0.15, 0.2) is 0 Å². The Bertz CT molecular complexity index is 1080. The van der Waals surface area contributed by atoms with E-state index in [1.807, 2.05) is 24.3 Å². The molecular weight excluding hydrogens is 368 g/mol. The van der Waals surface area contributed by atoms with Crippen molar-refractivity contribution >= 4 is 0 Å². The minimum absolute atomic E-state index is 0.121. The van der Waals surface area contributed by atoms with E-state index in [-0.39, 0.29) is 17.3 Å². The zero-order valence-electron chi connectivity index (χ0n) is 16.4. The highest BCUT2D eigenvalue weighted by atomic mass is 16.5. The van der Waals surface area contributed by atoms with E-state index in [0.29, 0.717) is 5.56 Å². The molecule has 150 valence electrons. The van der Waals surface area contributed by atoms with E-state index in [1.165, 1.54) is 5.56 Å². The van der Waals surface area contributed by atoms with Gasteiger partial charge in [0.05, 0.1) is 0 Å². The summed E-state index contributed by atoms with van der Waals surface area (Å²) < 4.78 is 7.57. The second-order valence-corrected chi connectivity index (χ2v) is 7.42. The molecule has 0 amide bonds. The normalized spacial score (nSPS) is 15.3. The molecular formula is C22H24N4O3. The lowest BCUT2D eigenvalue weighted by molar-refractivity contribution is 0.176. The number of rotatable bonds is 5. The number of benzene rings is 1. The maximum atomic E-state index is 12.1. The van der Waals surface area contributed by atoms with Crippen LogP contribution in [0.4, 0.5) is 0 Å². The third-order valence-corrected chi connectivity index (χ3v) is 5.29. The van der Waals surface area contributed by atoms with Crippen molar-refractivity contribution in [1.29, 1.82) is 0 Å². The summed E-state index contributed by atoms with van der Waals surface area (Å²) >= 11 is 0. The number of aryl methyl sites for hydroxylation is 1. The Kier molecular flexibility index (Phi) is 5.57. The molecule has 1 fully saturated rings. The lowest BCUT2D eigenvalue weighted by atomic mass is 10.0. The first kappa shape index (κ1) is 19.1. The van der Waals surface area contributed by atoms with Crippen LogP contribution in [-0.2, 0) is 6.54 Å². The summed E-state index contributed by atoms with van der Waals surface area (Å²) in [6.07, 6.45) is 6.84. The highest BCUT2D eigenvalue weighted by molar-refractivity contribution is 5.33. The molecule has 1 aromatic carbocycles. The maximum absolute atomic E-state index is 12.1. The van der Waals surface area contributed by atoms with Gasteiger partial charge in [-0.3, -0.25) is 24.2 Å². The lowest BCUT2D eigenvalue weighted by Crippen LogP contribution is -2.39. The molecule has 29 heavy (non-hydrogen) atoms. The zero-order valence-corrected chi connectivity index (χ0v) is 16.4. The van der Waals surface area contributed by atoms with Crippen LogP contribution in [0.2, 0.25) is 0 Å². The van der Waals surface area contributed by atoms with Crippen LogP contribution in [0.25, 0.3) is 0 Å². The first-order valence-electron chi connectivity index (χ1n) is 9.80. The molecule has 0 spiro atoms. The monoisotopic (exact) mass is 392 g/mol. The summed E-state index contributed by atoms with van der Waals surface area (Å²) in [7, 11) is 0. The maximum Gasteiger partial charge on any atom is 0.328 e. The van der Waals surface area contributed by atoms with E-state index in [4.69, 9.17) is 4.74 Å². The van der Waals surface area contributed by atoms with Crippen molar-refractivity contribution < 1.29 is 4.74 Å². The number of nitrogens with zero attached hydrogens (tertiary/aromatic N) is 3. The van der Waals surface area contributed by atoms with Gasteiger partial charge in [0.1, 0.15) is 11.5 Å². The van der Waals surface area contributed by atoms with Crippen LogP contribution in [0.1, 0.15) is 30.0 Å². The number of piperidine rings is 1. The fourth-order valence-electron chi connectivity index (χ4n) is 3.72. The van der Waals surface area contributed by atoms with Crippen molar-refractivity contribution in [3.63, 3.8) is 0 Å². The average Bonchev–Trinajstić information content (AvgIpc) is 2.72. The van der Waals surface area contributed by atoms with Crippen LogP contribution in [0.15, 0.2) is 64.6 Å². The smallest absolute Gasteiger partial charge is 0.328 e. The van der Waals surface area contributed by atoms with Crippen molar-refractivity contribution in [3.8, 4) is 11.5 Å². The fourth-order valence-corrected chi connectivity index (χ4v) is 3.72. The molecule has 0 aliphatic carbocycles. The van der Waals surface area contributed by atoms with Gasteiger partial charge in [-0.25, -0.2) is 4.79 Å². The summed E-state index contributed by atoms with van der Waals surface area (Å²) in [6, 6.07) is 11.9. The largest absolute Gasteiger partial charge is 0.457 e. The van der Waals surface area contributed by atoms with Crippen molar-refractivity contribution in [3.05, 3.63) is 87.0 Å². The quantitative estimate of drug-likeness (QED) is 0.722. The molecule has 1 aliphatic rings. The van der Waals surface area contributed by atoms with Crippen molar-refractivity contribution in [2.75, 3.05) is 13.1 Å². The van der Waals surface area contributed by atoms with E-state index in [2.05, 4.69) is 27.0 Å². The number of aromatic nitrogens is 3. The summed E-state index contributed by atoms with van der Waals surface area (Å²) in [5.74, 6) is 1.57. The van der Waals surface area contributed by atoms with Crippen molar-refractivity contribution in [2.24, 2.45) is 0 Å². The Labute approximate surface area is 168 Å². The molecule has 3 aromatic rings. The van der Waals surface area contributed by atoms with Gasteiger partial charge >= 0.3 is 5.69 Å². The minimum atomic E-state index is -0.319. The topological polar surface area (TPSA) is 80.2 Å². The molecule has 3 heterocycles. The fraction of sp³-hybridized carbons (Fsp3) is 0.318. The summed E-state index contributed by atoms with van der Waals surface area (Å²) in [6.45, 7) is 4.35. The van der Waals surface area contributed by atoms with E-state index in [1.54, 1.807) is 30.1 Å². The molecule has 0 bridgehead atoms. The van der Waals surface area contributed by atoms with E-state index >= 15 is 0 Å². The molecule has 0 atom stereocenters. The number of aromatic amines is 1. The summed E-state index contributed by atoms with van der Waals surface area (Å²) in [5, 5.41) is 0. The van der Waals surface area contributed by atoms with Crippen LogP contribution in [0, 0.1) is 6.92 Å². The average molecular weight is 392 g/mol. The highest BCUT2D eigenvalue weighted by Crippen LogP contribution is 2.25. The second kappa shape index (κ2) is 8.45. The molecule has 1 N–H and O–H groups in total. The number of likely N-dealkylation sites (tertiary alicyclic amines) is 1. The van der Waals surface area contributed by atoms with Gasteiger partial charge in [-0.1, -0.05) is 12.1 Å². The number of ether oxygens (including phenoxy) is 1. The Morgan fingerprint density at radius 2 is 1.86 bits per heavy atom. The molecule has 1 aliphatic heterocycles. The van der Waals surface area contributed by atoms with E-state index in [0.717, 1.165) is 44.0 Å². The van der Waals surface area contributed by atoms with Gasteiger partial charge in [0.2, 0.25) is 0 Å². The Balaban J connectivity index is 1.38. The first-order chi connectivity index (χ1) is 14.1. The van der Waals surface area contributed by atoms with Crippen LogP contribution >= 0.6 is 0 Å². The van der Waals surface area contributed by atoms with Gasteiger partial charge in [-0.15, -0.1) is 0 Å². The predicted octanol–water partition coefficient (Wildman–Crippen LogP) is 2.87. The van der Waals surface area contributed by atoms with Crippen LogP contribution < -0.4 is 16.0 Å². The molecule has 0 radical (unpaired) electrons. The molecule has 4 rings (SSSR count). The molecule has 0 saturated carbocycles. The number of H-pyrrole nitrogens is 1. The van der Waals surface area contributed by atoms with Gasteiger partial charge in [-0.2, -0.15) is 0 Å². The molecule has 1 saturated heterocycles. The van der Waals surface area contributed by atoms with Crippen molar-refractivity contribution in [1.82, 2.24) is 19.4 Å². The third-order valence-electron chi connectivity index (χ3n) is 5.29. The Morgan fingerprint density at radius 1 is 1.10 bits per heavy atom. The van der Waals surface area contributed by atoms with Gasteiger partial charge in [0.25, 0.3) is 5.56 Å². The summed E-state index contributed by atoms with van der Waals surface area (Å²) in [4.78, 5) is 32.5. The highest BCUT2D eigenvalue weighted by Gasteiger charge is 2.22. The minimum Gasteiger partial charge on any atom is -0.457 e. The third kappa shape index (κ3) is 4.63. The van der Waals surface area contributed by atoms with Crippen molar-refractivity contribution in [2.45, 2.75) is 32.4 Å². The number of hydrogen-bond acceptors (Lipinski definition) is 5. The number of nitrogens with one attached hydrogen (secondary N) is 1. The lowest BCUT2D eigenvalue weighted by Gasteiger charge is -2.32. The van der Waals surface area contributed by atoms with E-state index < -0.39 is 0 Å². The van der Waals surface area contributed by atoms with Gasteiger partial charge in [-0.05, 0) is 49.6 Å². The standard InChI is InChI=1S/C22H24N4O3/c1-16-14-26(22(28)24-21(16)27)18-7-11-25(12-8-18)15-17-3-2-4-20(13-17)29-19-5-9-23-10-6-19/h2-6,9-10,13-14,18H,7-8,11-12,15H2,1H3,(H,24,27,28). The first-order valence-corrected chi connectivity index (χ1v) is 9.80. The Hall–Kier alpha value is -3.19. The van der Waals surface area contributed by atoms with E-state index in [9.17, 15) is 9.59 Å². The van der Waals surface area contributed by atoms with Gasteiger partial charge in [0, 0.05) is 49.8 Å². The Morgan fingerprint density at radius 3 is 2.62 bits per heavy atom. The second-order valence-electron chi connectivity index (χ2n) is 7.42. The van der Waals surface area contributed by atoms with Gasteiger partial charge < -0.3 is 4.74 Å².